The van der Waals surface area contributed by atoms with Crippen molar-refractivity contribution in [3.8, 4) is 0 Å². The Kier molecular flexibility index (Phi) is 5.77. The van der Waals surface area contributed by atoms with Crippen LogP contribution in [0.2, 0.25) is 0 Å². The summed E-state index contributed by atoms with van der Waals surface area (Å²) in [6.07, 6.45) is 0.338. The van der Waals surface area contributed by atoms with E-state index in [1.807, 2.05) is 0 Å². The SMILES string of the molecule is CN(CCC(F)(F)F)C1CCN(S(=O)(=O)C23C4C[C@H]2C[C@@H](NC(=O)c2cc(C5CC5)on2)C[C@@H]43)CC1. The zero-order valence-corrected chi connectivity index (χ0v) is 21.2. The van der Waals surface area contributed by atoms with Crippen LogP contribution in [-0.2, 0) is 10.0 Å². The van der Waals surface area contributed by atoms with Crippen LogP contribution < -0.4 is 5.32 Å². The molecule has 200 valence electrons. The number of fused-ring (bicyclic) bond motifs is 1. The van der Waals surface area contributed by atoms with Gasteiger partial charge in [0, 0.05) is 43.7 Å². The quantitative estimate of drug-likeness (QED) is 0.555. The Morgan fingerprint density at radius 1 is 1.19 bits per heavy atom. The molecule has 0 bridgehead atoms. The van der Waals surface area contributed by atoms with E-state index in [1.165, 1.54) is 0 Å². The standard InChI is InChI=1S/C24H33F3N4O4S/c1-30(9-6-23(25,26)27)17-4-7-31(8-5-17)36(33,34)24-15-10-16(12-19(24)18(24)11-15)28-22(32)20-13-21(35-29-20)14-2-3-14/h13-19H,2-12H2,1H3,(H,28,32)/t15-,16-,18?,19+,24?/m1/s1. The van der Waals surface area contributed by atoms with Gasteiger partial charge in [0.2, 0.25) is 10.0 Å². The van der Waals surface area contributed by atoms with Gasteiger partial charge in [-0.05, 0) is 69.7 Å². The highest BCUT2D eigenvalue weighted by Gasteiger charge is 2.84. The van der Waals surface area contributed by atoms with Crippen LogP contribution in [0.4, 0.5) is 13.2 Å². The Bertz CT molecular complexity index is 1120. The molecule has 1 saturated heterocycles. The van der Waals surface area contributed by atoms with Crippen LogP contribution in [0.5, 0.6) is 0 Å². The molecule has 36 heavy (non-hydrogen) atoms. The number of piperidine rings is 1. The molecular formula is C24H33F3N4O4S. The minimum Gasteiger partial charge on any atom is -0.360 e. The maximum absolute atomic E-state index is 13.8. The van der Waals surface area contributed by atoms with Gasteiger partial charge in [-0.2, -0.15) is 13.2 Å². The average molecular weight is 531 g/mol. The van der Waals surface area contributed by atoms with Crippen molar-refractivity contribution in [2.45, 2.75) is 80.3 Å². The second-order valence-corrected chi connectivity index (χ2v) is 13.7. The lowest BCUT2D eigenvalue weighted by molar-refractivity contribution is -0.138. The zero-order valence-electron chi connectivity index (χ0n) is 20.3. The fraction of sp³-hybridized carbons (Fsp3) is 0.833. The number of carbonyl (C=O) groups excluding carboxylic acids is 1. The number of hydrogen-bond donors (Lipinski definition) is 1. The molecule has 4 saturated carbocycles. The third-order valence-corrected chi connectivity index (χ3v) is 12.4. The molecule has 1 aromatic rings. The first kappa shape index (κ1) is 24.7. The number of nitrogens with zero attached hydrogens (tertiary/aromatic N) is 3. The van der Waals surface area contributed by atoms with E-state index in [2.05, 4.69) is 10.5 Å². The van der Waals surface area contributed by atoms with Gasteiger partial charge in [0.15, 0.2) is 5.69 Å². The van der Waals surface area contributed by atoms with Crippen LogP contribution in [0.25, 0.3) is 0 Å². The highest BCUT2D eigenvalue weighted by molar-refractivity contribution is 7.91. The van der Waals surface area contributed by atoms with E-state index in [9.17, 15) is 26.4 Å². The Morgan fingerprint density at radius 2 is 1.89 bits per heavy atom. The first-order valence-electron chi connectivity index (χ1n) is 13.0. The van der Waals surface area contributed by atoms with E-state index in [4.69, 9.17) is 4.52 Å². The molecule has 4 aliphatic carbocycles. The van der Waals surface area contributed by atoms with Gasteiger partial charge >= 0.3 is 6.18 Å². The summed E-state index contributed by atoms with van der Waals surface area (Å²) in [4.78, 5) is 14.4. The number of nitrogens with one attached hydrogen (secondary N) is 1. The van der Waals surface area contributed by atoms with Gasteiger partial charge in [0.25, 0.3) is 5.91 Å². The van der Waals surface area contributed by atoms with Gasteiger partial charge in [-0.15, -0.1) is 0 Å². The first-order valence-corrected chi connectivity index (χ1v) is 14.5. The van der Waals surface area contributed by atoms with E-state index in [0.717, 1.165) is 25.0 Å². The number of rotatable bonds is 8. The minimum atomic E-state index is -4.19. The molecule has 8 nitrogen and oxygen atoms in total. The van der Waals surface area contributed by atoms with Crippen molar-refractivity contribution >= 4 is 15.9 Å². The molecular weight excluding hydrogens is 497 g/mol. The molecule has 1 aromatic heterocycles. The van der Waals surface area contributed by atoms with E-state index < -0.39 is 27.4 Å². The molecule has 2 unspecified atom stereocenters. The second kappa shape index (κ2) is 8.42. The van der Waals surface area contributed by atoms with Crippen LogP contribution in [0.3, 0.4) is 0 Å². The summed E-state index contributed by atoms with van der Waals surface area (Å²) >= 11 is 0. The maximum Gasteiger partial charge on any atom is 0.390 e. The molecule has 5 fully saturated rings. The lowest BCUT2D eigenvalue weighted by atomic mass is 9.78. The summed E-state index contributed by atoms with van der Waals surface area (Å²) in [5, 5.41) is 6.96. The largest absolute Gasteiger partial charge is 0.390 e. The molecule has 1 aliphatic heterocycles. The van der Waals surface area contributed by atoms with Gasteiger partial charge in [0.05, 0.1) is 11.2 Å². The zero-order chi connectivity index (χ0) is 25.5. The lowest BCUT2D eigenvalue weighted by Crippen LogP contribution is -2.56. The molecule has 1 amide bonds. The minimum absolute atomic E-state index is 0.0306. The summed E-state index contributed by atoms with van der Waals surface area (Å²) in [7, 11) is -1.82. The van der Waals surface area contributed by atoms with E-state index in [1.54, 1.807) is 22.3 Å². The molecule has 2 heterocycles. The van der Waals surface area contributed by atoms with Crippen molar-refractivity contribution in [2.75, 3.05) is 26.7 Å². The third-order valence-electron chi connectivity index (χ3n) is 9.48. The van der Waals surface area contributed by atoms with E-state index >= 15 is 0 Å². The second-order valence-electron chi connectivity index (χ2n) is 11.5. The fourth-order valence-corrected chi connectivity index (χ4v) is 10.3. The molecule has 12 heteroatoms. The molecule has 6 rings (SSSR count). The van der Waals surface area contributed by atoms with Crippen molar-refractivity contribution in [3.63, 3.8) is 0 Å². The Labute approximate surface area is 209 Å². The number of aromatic nitrogens is 1. The van der Waals surface area contributed by atoms with E-state index in [-0.39, 0.29) is 48.0 Å². The first-order chi connectivity index (χ1) is 17.0. The highest BCUT2D eigenvalue weighted by atomic mass is 32.2. The highest BCUT2D eigenvalue weighted by Crippen LogP contribution is 2.77. The monoisotopic (exact) mass is 530 g/mol. The number of halogens is 3. The van der Waals surface area contributed by atoms with Crippen molar-refractivity contribution in [3.05, 3.63) is 17.5 Å². The van der Waals surface area contributed by atoms with Gasteiger partial charge < -0.3 is 14.7 Å². The van der Waals surface area contributed by atoms with Crippen molar-refractivity contribution in [1.82, 2.24) is 19.7 Å². The summed E-state index contributed by atoms with van der Waals surface area (Å²) in [5.74, 6) is 1.11. The van der Waals surface area contributed by atoms with Crippen molar-refractivity contribution in [1.29, 1.82) is 0 Å². The van der Waals surface area contributed by atoms with Gasteiger partial charge in [0.1, 0.15) is 5.76 Å². The van der Waals surface area contributed by atoms with Crippen LogP contribution >= 0.6 is 0 Å². The number of amides is 1. The third kappa shape index (κ3) is 3.98. The molecule has 0 radical (unpaired) electrons. The molecule has 5 aliphatic rings. The Balaban J connectivity index is 1.04. The number of sulfonamides is 1. The smallest absolute Gasteiger partial charge is 0.360 e. The maximum atomic E-state index is 13.8. The predicted octanol–water partition coefficient (Wildman–Crippen LogP) is 3.13. The van der Waals surface area contributed by atoms with Crippen LogP contribution in [0.15, 0.2) is 10.6 Å². The van der Waals surface area contributed by atoms with Gasteiger partial charge in [-0.3, -0.25) is 4.79 Å². The molecule has 5 atom stereocenters. The summed E-state index contributed by atoms with van der Waals surface area (Å²) in [6.45, 7) is 0.639. The topological polar surface area (TPSA) is 95.8 Å². The number of alkyl halides is 3. The normalized spacial score (nSPS) is 34.8. The number of carbonyl (C=O) groups is 1. The van der Waals surface area contributed by atoms with Crippen molar-refractivity contribution in [2.24, 2.45) is 17.8 Å². The average Bonchev–Trinajstić information content (AvgIpc) is 3.70. The van der Waals surface area contributed by atoms with E-state index in [0.29, 0.717) is 44.7 Å². The van der Waals surface area contributed by atoms with Crippen LogP contribution in [0.1, 0.15) is 73.5 Å². The van der Waals surface area contributed by atoms with Crippen LogP contribution in [-0.4, -0.2) is 78.4 Å². The predicted molar refractivity (Wildman–Crippen MR) is 124 cm³/mol. The number of hydrogen-bond acceptors (Lipinski definition) is 6. The molecule has 1 N–H and O–H groups in total. The molecule has 0 spiro atoms. The molecule has 0 aromatic carbocycles. The summed E-state index contributed by atoms with van der Waals surface area (Å²) in [6, 6.07) is 1.60. The Hall–Kier alpha value is -1.66. The van der Waals surface area contributed by atoms with Crippen molar-refractivity contribution < 1.29 is 30.9 Å². The Morgan fingerprint density at radius 3 is 2.53 bits per heavy atom. The van der Waals surface area contributed by atoms with Gasteiger partial charge in [-0.25, -0.2) is 12.7 Å². The van der Waals surface area contributed by atoms with Gasteiger partial charge in [-0.1, -0.05) is 5.16 Å². The lowest BCUT2D eigenvalue weighted by Gasteiger charge is -2.45. The van der Waals surface area contributed by atoms with Crippen LogP contribution in [0, 0.1) is 17.8 Å². The fourth-order valence-electron chi connectivity index (χ4n) is 7.35. The summed E-state index contributed by atoms with van der Waals surface area (Å²) < 4.78 is 71.4. The summed E-state index contributed by atoms with van der Waals surface area (Å²) in [5.41, 5.74) is 0.285.